The number of anilines is 1. The van der Waals surface area contributed by atoms with Gasteiger partial charge in [0.05, 0.1) is 23.1 Å². The number of hydrogen-bond acceptors (Lipinski definition) is 4. The van der Waals surface area contributed by atoms with E-state index >= 15 is 0 Å². The average Bonchev–Trinajstić information content (AvgIpc) is 2.98. The SMILES string of the molecule is Nc1n[nH]c(C2CCCO2)c1-c1ccccn1. The standard InChI is InChI=1S/C12H14N4O/c13-12-10(8-4-1-2-6-14-8)11(15-16-12)9-5-3-7-17-9/h1-2,4,6,9H,3,5,7H2,(H3,13,15,16). The lowest BCUT2D eigenvalue weighted by Gasteiger charge is -2.09. The molecule has 1 unspecified atom stereocenters. The number of H-pyrrole nitrogens is 1. The lowest BCUT2D eigenvalue weighted by molar-refractivity contribution is 0.109. The monoisotopic (exact) mass is 230 g/mol. The summed E-state index contributed by atoms with van der Waals surface area (Å²) in [5.74, 6) is 0.481. The van der Waals surface area contributed by atoms with Crippen molar-refractivity contribution in [2.45, 2.75) is 18.9 Å². The average molecular weight is 230 g/mol. The second kappa shape index (κ2) is 4.18. The third-order valence-electron chi connectivity index (χ3n) is 2.99. The number of pyridine rings is 1. The van der Waals surface area contributed by atoms with Crippen LogP contribution >= 0.6 is 0 Å². The van der Waals surface area contributed by atoms with Crippen molar-refractivity contribution in [1.29, 1.82) is 0 Å². The maximum atomic E-state index is 5.90. The zero-order valence-corrected chi connectivity index (χ0v) is 9.39. The van der Waals surface area contributed by atoms with Crippen LogP contribution in [0.15, 0.2) is 24.4 Å². The molecule has 2 aromatic heterocycles. The van der Waals surface area contributed by atoms with Gasteiger partial charge in [0, 0.05) is 12.8 Å². The molecule has 5 nitrogen and oxygen atoms in total. The maximum absolute atomic E-state index is 5.90. The molecule has 1 aliphatic heterocycles. The molecule has 2 aromatic rings. The van der Waals surface area contributed by atoms with Crippen LogP contribution in [0.1, 0.15) is 24.6 Å². The largest absolute Gasteiger partial charge is 0.382 e. The summed E-state index contributed by atoms with van der Waals surface area (Å²) < 4.78 is 5.66. The van der Waals surface area contributed by atoms with Crippen molar-refractivity contribution in [1.82, 2.24) is 15.2 Å². The van der Waals surface area contributed by atoms with Crippen molar-refractivity contribution in [2.75, 3.05) is 12.3 Å². The Balaban J connectivity index is 2.06. The van der Waals surface area contributed by atoms with Gasteiger partial charge < -0.3 is 10.5 Å². The zero-order chi connectivity index (χ0) is 11.7. The van der Waals surface area contributed by atoms with Gasteiger partial charge in [-0.15, -0.1) is 0 Å². The number of nitrogens with one attached hydrogen (secondary N) is 1. The predicted molar refractivity (Wildman–Crippen MR) is 64.2 cm³/mol. The summed E-state index contributed by atoms with van der Waals surface area (Å²) in [5, 5.41) is 7.04. The fraction of sp³-hybridized carbons (Fsp3) is 0.333. The van der Waals surface area contributed by atoms with Crippen molar-refractivity contribution < 1.29 is 4.74 Å². The number of nitrogens with zero attached hydrogens (tertiary/aromatic N) is 2. The molecule has 3 rings (SSSR count). The van der Waals surface area contributed by atoms with Gasteiger partial charge in [-0.2, -0.15) is 5.10 Å². The van der Waals surface area contributed by atoms with Gasteiger partial charge in [0.2, 0.25) is 0 Å². The van der Waals surface area contributed by atoms with E-state index < -0.39 is 0 Å². The number of hydrogen-bond donors (Lipinski definition) is 2. The molecule has 0 amide bonds. The van der Waals surface area contributed by atoms with Crippen LogP contribution in [0.25, 0.3) is 11.3 Å². The van der Waals surface area contributed by atoms with Gasteiger partial charge >= 0.3 is 0 Å². The van der Waals surface area contributed by atoms with E-state index in [1.54, 1.807) is 6.20 Å². The number of nitrogens with two attached hydrogens (primary N) is 1. The van der Waals surface area contributed by atoms with Crippen LogP contribution in [0.3, 0.4) is 0 Å². The number of aromatic nitrogens is 3. The molecule has 1 fully saturated rings. The lowest BCUT2D eigenvalue weighted by atomic mass is 10.1. The Bertz CT molecular complexity index is 502. The maximum Gasteiger partial charge on any atom is 0.155 e. The minimum Gasteiger partial charge on any atom is -0.382 e. The van der Waals surface area contributed by atoms with Crippen molar-refractivity contribution >= 4 is 5.82 Å². The molecule has 17 heavy (non-hydrogen) atoms. The van der Waals surface area contributed by atoms with E-state index in [1.807, 2.05) is 18.2 Å². The number of nitrogen functional groups attached to an aromatic ring is 1. The highest BCUT2D eigenvalue weighted by Gasteiger charge is 2.25. The Morgan fingerprint density at radius 2 is 2.35 bits per heavy atom. The van der Waals surface area contributed by atoms with Gasteiger partial charge in [-0.1, -0.05) is 6.07 Å². The third-order valence-corrected chi connectivity index (χ3v) is 2.99. The Morgan fingerprint density at radius 1 is 1.41 bits per heavy atom. The highest BCUT2D eigenvalue weighted by Crippen LogP contribution is 2.36. The molecule has 0 radical (unpaired) electrons. The van der Waals surface area contributed by atoms with Gasteiger partial charge in [-0.25, -0.2) is 0 Å². The summed E-state index contributed by atoms with van der Waals surface area (Å²) in [4.78, 5) is 4.32. The first-order chi connectivity index (χ1) is 8.36. The lowest BCUT2D eigenvalue weighted by Crippen LogP contribution is -1.99. The molecule has 0 bridgehead atoms. The van der Waals surface area contributed by atoms with Gasteiger partial charge in [-0.05, 0) is 25.0 Å². The molecule has 1 saturated heterocycles. The molecule has 1 aliphatic rings. The molecule has 5 heteroatoms. The van der Waals surface area contributed by atoms with Crippen molar-refractivity contribution in [3.8, 4) is 11.3 Å². The zero-order valence-electron chi connectivity index (χ0n) is 9.39. The van der Waals surface area contributed by atoms with E-state index in [1.165, 1.54) is 0 Å². The molecule has 88 valence electrons. The van der Waals surface area contributed by atoms with E-state index in [4.69, 9.17) is 10.5 Å². The Labute approximate surface area is 99.0 Å². The van der Waals surface area contributed by atoms with E-state index in [-0.39, 0.29) is 6.10 Å². The Kier molecular flexibility index (Phi) is 2.53. The first kappa shape index (κ1) is 10.3. The fourth-order valence-electron chi connectivity index (χ4n) is 2.19. The highest BCUT2D eigenvalue weighted by molar-refractivity contribution is 5.73. The minimum absolute atomic E-state index is 0.0665. The molecule has 3 heterocycles. The minimum atomic E-state index is 0.0665. The van der Waals surface area contributed by atoms with Crippen LogP contribution < -0.4 is 5.73 Å². The molecular formula is C12H14N4O. The second-order valence-corrected chi connectivity index (χ2v) is 4.11. The Hall–Kier alpha value is -1.88. The van der Waals surface area contributed by atoms with E-state index in [2.05, 4.69) is 15.2 Å². The number of rotatable bonds is 2. The van der Waals surface area contributed by atoms with Crippen molar-refractivity contribution in [3.05, 3.63) is 30.1 Å². The van der Waals surface area contributed by atoms with Gasteiger partial charge in [-0.3, -0.25) is 10.1 Å². The first-order valence-corrected chi connectivity index (χ1v) is 5.73. The topological polar surface area (TPSA) is 76.8 Å². The quantitative estimate of drug-likeness (QED) is 0.826. The molecule has 0 aliphatic carbocycles. The summed E-state index contributed by atoms with van der Waals surface area (Å²) in [6.07, 6.45) is 3.89. The van der Waals surface area contributed by atoms with Crippen LogP contribution in [0.5, 0.6) is 0 Å². The summed E-state index contributed by atoms with van der Waals surface area (Å²) in [7, 11) is 0. The summed E-state index contributed by atoms with van der Waals surface area (Å²) >= 11 is 0. The number of aromatic amines is 1. The van der Waals surface area contributed by atoms with E-state index in [9.17, 15) is 0 Å². The van der Waals surface area contributed by atoms with E-state index in [0.29, 0.717) is 5.82 Å². The van der Waals surface area contributed by atoms with Gasteiger partial charge in [0.25, 0.3) is 0 Å². The third kappa shape index (κ3) is 1.78. The van der Waals surface area contributed by atoms with Gasteiger partial charge in [0.15, 0.2) is 5.82 Å². The molecule has 0 saturated carbocycles. The fourth-order valence-corrected chi connectivity index (χ4v) is 2.19. The second-order valence-electron chi connectivity index (χ2n) is 4.11. The van der Waals surface area contributed by atoms with Crippen LogP contribution in [-0.4, -0.2) is 21.8 Å². The molecular weight excluding hydrogens is 216 g/mol. The molecule has 0 aromatic carbocycles. The summed E-state index contributed by atoms with van der Waals surface area (Å²) in [6.45, 7) is 0.797. The van der Waals surface area contributed by atoms with Crippen LogP contribution in [0, 0.1) is 0 Å². The van der Waals surface area contributed by atoms with Crippen LogP contribution in [0.4, 0.5) is 5.82 Å². The first-order valence-electron chi connectivity index (χ1n) is 5.73. The van der Waals surface area contributed by atoms with Gasteiger partial charge in [0.1, 0.15) is 0 Å². The molecule has 1 atom stereocenters. The van der Waals surface area contributed by atoms with Crippen molar-refractivity contribution in [2.24, 2.45) is 0 Å². The molecule has 3 N–H and O–H groups in total. The smallest absolute Gasteiger partial charge is 0.155 e. The summed E-state index contributed by atoms with van der Waals surface area (Å²) in [5.41, 5.74) is 8.56. The van der Waals surface area contributed by atoms with Crippen molar-refractivity contribution in [3.63, 3.8) is 0 Å². The van der Waals surface area contributed by atoms with Crippen LogP contribution in [-0.2, 0) is 4.74 Å². The predicted octanol–water partition coefficient (Wildman–Crippen LogP) is 1.91. The van der Waals surface area contributed by atoms with E-state index in [0.717, 1.165) is 36.4 Å². The van der Waals surface area contributed by atoms with Crippen LogP contribution in [0.2, 0.25) is 0 Å². The Morgan fingerprint density at radius 3 is 3.06 bits per heavy atom. The normalized spacial score (nSPS) is 19.6. The summed E-state index contributed by atoms with van der Waals surface area (Å²) in [6, 6.07) is 5.75. The molecule has 0 spiro atoms. The highest BCUT2D eigenvalue weighted by atomic mass is 16.5. The number of ether oxygens (including phenoxy) is 1.